The Morgan fingerprint density at radius 1 is 0.917 bits per heavy atom. The van der Waals surface area contributed by atoms with Gasteiger partial charge < -0.3 is 0 Å². The second kappa shape index (κ2) is 2.37. The van der Waals surface area contributed by atoms with Crippen LogP contribution in [0.4, 0.5) is 0 Å². The Morgan fingerprint density at radius 3 is 2.50 bits per heavy atom. The zero-order chi connectivity index (χ0) is 8.13. The van der Waals surface area contributed by atoms with E-state index in [4.69, 9.17) is 0 Å². The molecule has 66 valence electrons. The van der Waals surface area contributed by atoms with Crippen molar-refractivity contribution in [1.29, 1.82) is 0 Å². The molecule has 0 spiro atoms. The van der Waals surface area contributed by atoms with Gasteiger partial charge in [0, 0.05) is 0 Å². The molecule has 0 amide bonds. The van der Waals surface area contributed by atoms with Gasteiger partial charge in [0.15, 0.2) is 0 Å². The third kappa shape index (κ3) is 0.787. The first-order chi connectivity index (χ1) is 5.86. The lowest BCUT2D eigenvalue weighted by Crippen LogP contribution is -2.27. The number of hydrogen-bond acceptors (Lipinski definition) is 0. The minimum absolute atomic E-state index is 1.04. The summed E-state index contributed by atoms with van der Waals surface area (Å²) < 4.78 is 0. The molecule has 0 heterocycles. The van der Waals surface area contributed by atoms with Gasteiger partial charge in [-0.25, -0.2) is 0 Å². The lowest BCUT2D eigenvalue weighted by atomic mass is 9.70. The van der Waals surface area contributed by atoms with E-state index < -0.39 is 0 Å². The van der Waals surface area contributed by atoms with Crippen LogP contribution in [0.5, 0.6) is 0 Å². The number of hydrogen-bond donors (Lipinski definition) is 0. The van der Waals surface area contributed by atoms with E-state index in [1.54, 1.807) is 12.8 Å². The fourth-order valence-electron chi connectivity index (χ4n) is 4.17. The molecule has 0 saturated heterocycles. The van der Waals surface area contributed by atoms with E-state index in [0.29, 0.717) is 0 Å². The van der Waals surface area contributed by atoms with E-state index in [-0.39, 0.29) is 0 Å². The Kier molecular flexibility index (Phi) is 1.42. The van der Waals surface area contributed by atoms with Crippen LogP contribution in [0.1, 0.15) is 32.6 Å². The van der Waals surface area contributed by atoms with E-state index >= 15 is 0 Å². The van der Waals surface area contributed by atoms with Crippen molar-refractivity contribution in [2.45, 2.75) is 32.6 Å². The Morgan fingerprint density at radius 2 is 1.67 bits per heavy atom. The zero-order valence-corrected chi connectivity index (χ0v) is 7.87. The normalized spacial score (nSPS) is 55.9. The molecule has 2 bridgehead atoms. The standard InChI is InChI=1S/C12H18/c1-8-6-9-7-12(8)11-5-3-2-4-10(9)11/h2-3,8-12H,4-7H2,1H3. The van der Waals surface area contributed by atoms with Gasteiger partial charge in [0.25, 0.3) is 0 Å². The molecule has 0 aliphatic heterocycles. The summed E-state index contributed by atoms with van der Waals surface area (Å²) in [7, 11) is 0. The van der Waals surface area contributed by atoms with Gasteiger partial charge >= 0.3 is 0 Å². The van der Waals surface area contributed by atoms with Crippen LogP contribution < -0.4 is 0 Å². The molecule has 0 nitrogen and oxygen atoms in total. The van der Waals surface area contributed by atoms with Crippen LogP contribution in [-0.4, -0.2) is 0 Å². The molecule has 2 fully saturated rings. The Hall–Kier alpha value is -0.260. The second-order valence-electron chi connectivity index (χ2n) is 5.14. The fourth-order valence-corrected chi connectivity index (χ4v) is 4.17. The molecule has 0 aromatic heterocycles. The molecule has 3 aliphatic rings. The Bertz CT molecular complexity index is 216. The van der Waals surface area contributed by atoms with Crippen molar-refractivity contribution in [3.05, 3.63) is 12.2 Å². The third-order valence-electron chi connectivity index (χ3n) is 4.67. The summed E-state index contributed by atoms with van der Waals surface area (Å²) in [6.45, 7) is 2.47. The van der Waals surface area contributed by atoms with Gasteiger partial charge in [0.1, 0.15) is 0 Å². The molecular formula is C12H18. The summed E-state index contributed by atoms with van der Waals surface area (Å²) in [5.41, 5.74) is 0. The van der Waals surface area contributed by atoms with Gasteiger partial charge in [-0.15, -0.1) is 0 Å². The highest BCUT2D eigenvalue weighted by atomic mass is 14.5. The predicted octanol–water partition coefficient (Wildman–Crippen LogP) is 3.24. The molecule has 3 rings (SSSR count). The van der Waals surface area contributed by atoms with Crippen LogP contribution in [0, 0.1) is 29.6 Å². The van der Waals surface area contributed by atoms with Crippen molar-refractivity contribution in [2.24, 2.45) is 29.6 Å². The van der Waals surface area contributed by atoms with Crippen LogP contribution in [0.15, 0.2) is 12.2 Å². The molecule has 2 saturated carbocycles. The molecule has 3 aliphatic carbocycles. The SMILES string of the molecule is CC1CC2CC1C1CC=CCC21. The summed E-state index contributed by atoms with van der Waals surface area (Å²) in [6.07, 6.45) is 10.8. The maximum atomic E-state index is 2.47. The number of allylic oxidation sites excluding steroid dienone is 2. The van der Waals surface area contributed by atoms with E-state index in [1.807, 2.05) is 0 Å². The minimum Gasteiger partial charge on any atom is -0.0882 e. The lowest BCUT2D eigenvalue weighted by molar-refractivity contribution is 0.167. The molecule has 0 N–H and O–H groups in total. The van der Waals surface area contributed by atoms with Crippen molar-refractivity contribution >= 4 is 0 Å². The second-order valence-corrected chi connectivity index (χ2v) is 5.14. The maximum Gasteiger partial charge on any atom is -0.0315 e. The monoisotopic (exact) mass is 162 g/mol. The summed E-state index contributed by atoms with van der Waals surface area (Å²) >= 11 is 0. The molecule has 0 radical (unpaired) electrons. The molecule has 0 heteroatoms. The molecule has 0 aromatic carbocycles. The quantitative estimate of drug-likeness (QED) is 0.480. The third-order valence-corrected chi connectivity index (χ3v) is 4.67. The average Bonchev–Trinajstić information content (AvgIpc) is 2.62. The predicted molar refractivity (Wildman–Crippen MR) is 50.7 cm³/mol. The van der Waals surface area contributed by atoms with E-state index in [9.17, 15) is 0 Å². The van der Waals surface area contributed by atoms with Gasteiger partial charge in [0.2, 0.25) is 0 Å². The highest BCUT2D eigenvalue weighted by Gasteiger charge is 2.50. The lowest BCUT2D eigenvalue weighted by Gasteiger charge is -2.35. The smallest absolute Gasteiger partial charge is 0.0315 e. The Balaban J connectivity index is 1.89. The minimum atomic E-state index is 1.04. The summed E-state index contributed by atoms with van der Waals surface area (Å²) in [5, 5.41) is 0. The largest absolute Gasteiger partial charge is 0.0882 e. The van der Waals surface area contributed by atoms with Crippen LogP contribution in [0.25, 0.3) is 0 Å². The van der Waals surface area contributed by atoms with E-state index in [1.165, 1.54) is 12.8 Å². The molecular weight excluding hydrogens is 144 g/mol. The van der Waals surface area contributed by atoms with Crippen LogP contribution >= 0.6 is 0 Å². The summed E-state index contributed by atoms with van der Waals surface area (Å²) in [5.74, 6) is 5.44. The first kappa shape index (κ1) is 7.17. The molecule has 0 aromatic rings. The van der Waals surface area contributed by atoms with Crippen molar-refractivity contribution in [3.63, 3.8) is 0 Å². The van der Waals surface area contributed by atoms with Gasteiger partial charge in [-0.2, -0.15) is 0 Å². The topological polar surface area (TPSA) is 0 Å². The zero-order valence-electron chi connectivity index (χ0n) is 7.87. The first-order valence-corrected chi connectivity index (χ1v) is 5.51. The maximum absolute atomic E-state index is 2.47. The van der Waals surface area contributed by atoms with Crippen molar-refractivity contribution in [3.8, 4) is 0 Å². The first-order valence-electron chi connectivity index (χ1n) is 5.51. The van der Waals surface area contributed by atoms with Gasteiger partial charge in [-0.3, -0.25) is 0 Å². The number of rotatable bonds is 0. The molecule has 5 atom stereocenters. The Labute approximate surface area is 75.0 Å². The van der Waals surface area contributed by atoms with Crippen molar-refractivity contribution < 1.29 is 0 Å². The summed E-state index contributed by atoms with van der Waals surface area (Å²) in [4.78, 5) is 0. The van der Waals surface area contributed by atoms with Gasteiger partial charge in [-0.1, -0.05) is 19.1 Å². The average molecular weight is 162 g/mol. The number of fused-ring (bicyclic) bond motifs is 5. The van der Waals surface area contributed by atoms with Crippen molar-refractivity contribution in [1.82, 2.24) is 0 Å². The van der Waals surface area contributed by atoms with Gasteiger partial charge in [0.05, 0.1) is 0 Å². The highest BCUT2D eigenvalue weighted by Crippen LogP contribution is 2.58. The molecule has 5 unspecified atom stereocenters. The van der Waals surface area contributed by atoms with Crippen LogP contribution in [-0.2, 0) is 0 Å². The van der Waals surface area contributed by atoms with Crippen LogP contribution in [0.2, 0.25) is 0 Å². The fraction of sp³-hybridized carbons (Fsp3) is 0.833. The van der Waals surface area contributed by atoms with E-state index in [2.05, 4.69) is 19.1 Å². The summed E-state index contributed by atoms with van der Waals surface area (Å²) in [6, 6.07) is 0. The van der Waals surface area contributed by atoms with Crippen molar-refractivity contribution in [2.75, 3.05) is 0 Å². The van der Waals surface area contributed by atoms with E-state index in [0.717, 1.165) is 29.6 Å². The molecule has 12 heavy (non-hydrogen) atoms. The van der Waals surface area contributed by atoms with Crippen LogP contribution in [0.3, 0.4) is 0 Å². The highest BCUT2D eigenvalue weighted by molar-refractivity contribution is 5.07. The van der Waals surface area contributed by atoms with Gasteiger partial charge in [-0.05, 0) is 55.3 Å².